The van der Waals surface area contributed by atoms with Crippen molar-refractivity contribution in [1.29, 1.82) is 0 Å². The third-order valence-electron chi connectivity index (χ3n) is 9.87. The summed E-state index contributed by atoms with van der Waals surface area (Å²) in [4.78, 5) is 2.77. The Kier molecular flexibility index (Phi) is 6.20. The molecule has 1 heterocycles. The normalized spacial score (nSPS) is 43.1. The van der Waals surface area contributed by atoms with Crippen molar-refractivity contribution < 1.29 is 14.9 Å². The summed E-state index contributed by atoms with van der Waals surface area (Å²) in [5.41, 5.74) is 4.19. The van der Waals surface area contributed by atoms with E-state index < -0.39 is 12.2 Å². The number of hydrogen-bond donors (Lipinski definition) is 2. The zero-order valence-electron chi connectivity index (χ0n) is 20.2. The van der Waals surface area contributed by atoms with Gasteiger partial charge in [0.05, 0.1) is 25.4 Å². The van der Waals surface area contributed by atoms with Crippen molar-refractivity contribution in [3.8, 4) is 0 Å². The largest absolute Gasteiger partial charge is 0.393 e. The number of fused-ring (bicyclic) bond motifs is 1. The molecule has 1 saturated heterocycles. The van der Waals surface area contributed by atoms with Crippen LogP contribution in [0.15, 0.2) is 35.5 Å². The van der Waals surface area contributed by atoms with Gasteiger partial charge >= 0.3 is 0 Å². The third-order valence-corrected chi connectivity index (χ3v) is 9.87. The van der Waals surface area contributed by atoms with Crippen LogP contribution in [0.4, 0.5) is 0 Å². The fourth-order valence-corrected chi connectivity index (χ4v) is 7.81. The molecule has 5 fully saturated rings. The molecule has 4 aliphatic carbocycles. The van der Waals surface area contributed by atoms with Gasteiger partial charge in [0.1, 0.15) is 0 Å². The maximum absolute atomic E-state index is 10.2. The van der Waals surface area contributed by atoms with Gasteiger partial charge in [-0.05, 0) is 85.7 Å². The summed E-state index contributed by atoms with van der Waals surface area (Å²) >= 11 is 0. The second kappa shape index (κ2) is 8.69. The summed E-state index contributed by atoms with van der Waals surface area (Å²) in [6, 6.07) is 0. The number of aliphatic hydroxyl groups excluding tert-OH is 2. The van der Waals surface area contributed by atoms with Crippen LogP contribution in [0.5, 0.6) is 0 Å². The Hall–Kier alpha value is -0.940. The van der Waals surface area contributed by atoms with Gasteiger partial charge < -0.3 is 14.9 Å². The maximum Gasteiger partial charge on any atom is 0.0811 e. The Morgan fingerprint density at radius 3 is 2.81 bits per heavy atom. The highest BCUT2D eigenvalue weighted by molar-refractivity contribution is 5.38. The average Bonchev–Trinajstić information content (AvgIpc) is 3.43. The fourth-order valence-electron chi connectivity index (χ4n) is 7.81. The second-order valence-corrected chi connectivity index (χ2v) is 11.9. The van der Waals surface area contributed by atoms with Crippen LogP contribution in [-0.2, 0) is 4.74 Å². The number of hydrogen-bond acceptors (Lipinski definition) is 4. The molecular formula is C28H43NO3. The van der Waals surface area contributed by atoms with Gasteiger partial charge in [0.25, 0.3) is 0 Å². The molecule has 0 bridgehead atoms. The lowest BCUT2D eigenvalue weighted by Crippen LogP contribution is -2.50. The molecule has 0 aromatic heterocycles. The van der Waals surface area contributed by atoms with E-state index in [1.165, 1.54) is 51.5 Å². The summed E-state index contributed by atoms with van der Waals surface area (Å²) in [6.45, 7) is 13.4. The van der Waals surface area contributed by atoms with Crippen LogP contribution in [0.2, 0.25) is 0 Å². The van der Waals surface area contributed by atoms with Crippen molar-refractivity contribution in [3.05, 3.63) is 35.5 Å². The summed E-state index contributed by atoms with van der Waals surface area (Å²) in [5.74, 6) is 2.18. The lowest BCUT2D eigenvalue weighted by molar-refractivity contribution is -0.0357. The van der Waals surface area contributed by atoms with Crippen LogP contribution in [0.1, 0.15) is 71.6 Å². The smallest absolute Gasteiger partial charge is 0.0811 e. The zero-order chi connectivity index (χ0) is 22.5. The van der Waals surface area contributed by atoms with Crippen LogP contribution in [0.25, 0.3) is 0 Å². The molecule has 4 heteroatoms. The van der Waals surface area contributed by atoms with Crippen LogP contribution in [0.3, 0.4) is 0 Å². The molecule has 0 radical (unpaired) electrons. The van der Waals surface area contributed by atoms with E-state index in [2.05, 4.69) is 37.5 Å². The van der Waals surface area contributed by atoms with Gasteiger partial charge in [0.15, 0.2) is 0 Å². The Balaban J connectivity index is 1.30. The minimum atomic E-state index is -0.605. The van der Waals surface area contributed by atoms with Gasteiger partial charge in [-0.25, -0.2) is 0 Å². The fraction of sp³-hybridized carbons (Fsp3) is 0.786. The molecular weight excluding hydrogens is 398 g/mol. The highest BCUT2D eigenvalue weighted by atomic mass is 16.5. The topological polar surface area (TPSA) is 52.9 Å². The molecule has 1 aliphatic heterocycles. The Bertz CT molecular complexity index is 796. The van der Waals surface area contributed by atoms with E-state index in [0.717, 1.165) is 42.7 Å². The van der Waals surface area contributed by atoms with Crippen LogP contribution < -0.4 is 0 Å². The minimum absolute atomic E-state index is 0.382. The van der Waals surface area contributed by atoms with Gasteiger partial charge in [0.2, 0.25) is 0 Å². The van der Waals surface area contributed by atoms with E-state index in [1.54, 1.807) is 5.57 Å². The Morgan fingerprint density at radius 2 is 2.03 bits per heavy atom. The van der Waals surface area contributed by atoms with Crippen molar-refractivity contribution in [2.24, 2.45) is 23.2 Å². The van der Waals surface area contributed by atoms with Gasteiger partial charge in [-0.2, -0.15) is 0 Å². The van der Waals surface area contributed by atoms with Gasteiger partial charge in [-0.3, -0.25) is 4.90 Å². The quantitative estimate of drug-likeness (QED) is 0.668. The van der Waals surface area contributed by atoms with Crippen molar-refractivity contribution in [3.63, 3.8) is 0 Å². The first kappa shape index (κ1) is 22.8. The standard InChI is InChI=1S/C28H43NO3/c1-19(17-29-13-14-32-18-28(29)11-12-28)24-8-9-25-21(5-4-10-27(24,25)3)6-7-22-15-23(30)16-26(31)20(22)2/h6-7,19,23-26,30-31H,2,4-5,8-18H2,1,3H3/b21-6+,22-7-/t19-,23-,24-,25+,26+,27-/m1/s1. The molecule has 0 amide bonds. The summed E-state index contributed by atoms with van der Waals surface area (Å²) < 4.78 is 5.81. The molecule has 0 aromatic rings. The van der Waals surface area contributed by atoms with E-state index in [9.17, 15) is 10.2 Å². The predicted molar refractivity (Wildman–Crippen MR) is 128 cm³/mol. The van der Waals surface area contributed by atoms with E-state index in [-0.39, 0.29) is 0 Å². The second-order valence-electron chi connectivity index (χ2n) is 11.9. The number of ether oxygens (including phenoxy) is 1. The zero-order valence-corrected chi connectivity index (χ0v) is 20.2. The average molecular weight is 442 g/mol. The molecule has 1 spiro atoms. The summed E-state index contributed by atoms with van der Waals surface area (Å²) in [7, 11) is 0. The monoisotopic (exact) mass is 441 g/mol. The maximum atomic E-state index is 10.2. The molecule has 178 valence electrons. The molecule has 4 nitrogen and oxygen atoms in total. The van der Waals surface area contributed by atoms with Crippen LogP contribution in [0, 0.1) is 23.2 Å². The minimum Gasteiger partial charge on any atom is -0.393 e. The van der Waals surface area contributed by atoms with Crippen LogP contribution in [-0.4, -0.2) is 59.2 Å². The molecule has 0 unspecified atom stereocenters. The van der Waals surface area contributed by atoms with E-state index in [1.807, 2.05) is 0 Å². The predicted octanol–water partition coefficient (Wildman–Crippen LogP) is 4.63. The molecule has 4 saturated carbocycles. The molecule has 32 heavy (non-hydrogen) atoms. The molecule has 5 rings (SSSR count). The van der Waals surface area contributed by atoms with Gasteiger partial charge in [-0.1, -0.05) is 38.2 Å². The summed E-state index contributed by atoms with van der Waals surface area (Å²) in [5, 5.41) is 20.3. The molecule has 6 atom stereocenters. The molecule has 2 N–H and O–H groups in total. The number of rotatable bonds is 4. The third kappa shape index (κ3) is 4.06. The highest BCUT2D eigenvalue weighted by Crippen LogP contribution is 2.59. The van der Waals surface area contributed by atoms with Crippen molar-refractivity contribution in [2.45, 2.75) is 89.4 Å². The highest BCUT2D eigenvalue weighted by Gasteiger charge is 2.53. The van der Waals surface area contributed by atoms with Crippen molar-refractivity contribution >= 4 is 0 Å². The Morgan fingerprint density at radius 1 is 1.22 bits per heavy atom. The number of allylic oxidation sites excluding steroid dienone is 3. The first-order valence-corrected chi connectivity index (χ1v) is 13.1. The lowest BCUT2D eigenvalue weighted by Gasteiger charge is -2.46. The Labute approximate surface area is 194 Å². The van der Waals surface area contributed by atoms with E-state index in [4.69, 9.17) is 4.74 Å². The molecule has 5 aliphatic rings. The van der Waals surface area contributed by atoms with Gasteiger partial charge in [-0.15, -0.1) is 0 Å². The van der Waals surface area contributed by atoms with E-state index >= 15 is 0 Å². The van der Waals surface area contributed by atoms with Crippen molar-refractivity contribution in [2.75, 3.05) is 26.3 Å². The lowest BCUT2D eigenvalue weighted by atomic mass is 9.61. The first-order chi connectivity index (χ1) is 15.3. The van der Waals surface area contributed by atoms with Crippen LogP contribution >= 0.6 is 0 Å². The SMILES string of the molecule is C=C1/C(=C\C=C2/CCC[C@]3(C)[C@@H]([C@H](C)CN4CCOCC45CC5)CC[C@@H]23)C[C@@H](O)C[C@@H]1O. The number of morpholine rings is 1. The van der Waals surface area contributed by atoms with E-state index in [0.29, 0.717) is 29.7 Å². The summed E-state index contributed by atoms with van der Waals surface area (Å²) in [6.07, 6.45) is 13.6. The number of nitrogens with zero attached hydrogens (tertiary/aromatic N) is 1. The first-order valence-electron chi connectivity index (χ1n) is 13.1. The number of aliphatic hydroxyl groups is 2. The van der Waals surface area contributed by atoms with Crippen molar-refractivity contribution in [1.82, 2.24) is 4.90 Å². The molecule has 0 aromatic carbocycles. The van der Waals surface area contributed by atoms with Gasteiger partial charge in [0, 0.05) is 25.0 Å².